The highest BCUT2D eigenvalue weighted by molar-refractivity contribution is 5.84. The largest absolute Gasteiger partial charge is 0.463 e. The van der Waals surface area contributed by atoms with E-state index in [1.54, 1.807) is 24.9 Å². The Morgan fingerprint density at radius 3 is 2.65 bits per heavy atom. The summed E-state index contributed by atoms with van der Waals surface area (Å²) in [7, 11) is 0. The second-order valence-electron chi connectivity index (χ2n) is 5.38. The van der Waals surface area contributed by atoms with Gasteiger partial charge in [0.15, 0.2) is 0 Å². The molecular weight excluding hydrogens is 290 g/mol. The summed E-state index contributed by atoms with van der Waals surface area (Å²) in [6.07, 6.45) is 10.5. The highest BCUT2D eigenvalue weighted by Crippen LogP contribution is 2.37. The quantitative estimate of drug-likeness (QED) is 0.800. The van der Waals surface area contributed by atoms with Crippen molar-refractivity contribution in [2.75, 3.05) is 31.1 Å². The fourth-order valence-corrected chi connectivity index (χ4v) is 2.90. The number of anilines is 1. The van der Waals surface area contributed by atoms with Gasteiger partial charge in [-0.15, -0.1) is 0 Å². The number of pyridine rings is 1. The van der Waals surface area contributed by atoms with Gasteiger partial charge >= 0.3 is 0 Å². The molecule has 0 aromatic carbocycles. The molecule has 0 radical (unpaired) electrons. The van der Waals surface area contributed by atoms with Gasteiger partial charge in [0.1, 0.15) is 5.76 Å². The number of nitrogens with zero attached hydrogens (tertiary/aromatic N) is 4. The predicted octanol–water partition coefficient (Wildman–Crippen LogP) is 2.21. The molecule has 4 rings (SSSR count). The minimum atomic E-state index is 0.784. The molecule has 0 amide bonds. The molecule has 6 heteroatoms. The second-order valence-corrected chi connectivity index (χ2v) is 5.38. The van der Waals surface area contributed by atoms with Crippen LogP contribution in [0.5, 0.6) is 0 Å². The van der Waals surface area contributed by atoms with Crippen LogP contribution in [0.1, 0.15) is 0 Å². The highest BCUT2D eigenvalue weighted by Gasteiger charge is 2.20. The molecule has 0 aliphatic carbocycles. The third kappa shape index (κ3) is 2.68. The van der Waals surface area contributed by atoms with Crippen molar-refractivity contribution in [2.45, 2.75) is 0 Å². The van der Waals surface area contributed by atoms with Crippen LogP contribution in [-0.2, 0) is 0 Å². The van der Waals surface area contributed by atoms with Gasteiger partial charge in [-0.25, -0.2) is 0 Å². The summed E-state index contributed by atoms with van der Waals surface area (Å²) in [6.45, 7) is 3.91. The van der Waals surface area contributed by atoms with Crippen LogP contribution in [0.3, 0.4) is 0 Å². The third-order valence-corrected chi connectivity index (χ3v) is 4.00. The first-order valence-corrected chi connectivity index (χ1v) is 7.67. The maximum atomic E-state index is 5.79. The fraction of sp³-hybridized carbons (Fsp3) is 0.235. The van der Waals surface area contributed by atoms with Crippen LogP contribution < -0.4 is 10.2 Å². The Kier molecular flexibility index (Phi) is 3.73. The van der Waals surface area contributed by atoms with Crippen molar-refractivity contribution < 1.29 is 4.42 Å². The normalized spacial score (nSPS) is 14.9. The van der Waals surface area contributed by atoms with Gasteiger partial charge in [-0.1, -0.05) is 0 Å². The monoisotopic (exact) mass is 307 g/mol. The summed E-state index contributed by atoms with van der Waals surface area (Å²) < 4.78 is 5.79. The molecule has 1 N–H and O–H groups in total. The lowest BCUT2D eigenvalue weighted by atomic mass is 10.1. The summed E-state index contributed by atoms with van der Waals surface area (Å²) >= 11 is 0. The average Bonchev–Trinajstić information content (AvgIpc) is 3.13. The van der Waals surface area contributed by atoms with E-state index in [0.717, 1.165) is 54.4 Å². The molecule has 116 valence electrons. The summed E-state index contributed by atoms with van der Waals surface area (Å²) in [6, 6.07) is 3.97. The zero-order valence-corrected chi connectivity index (χ0v) is 12.6. The third-order valence-electron chi connectivity index (χ3n) is 4.00. The number of hydrogen-bond donors (Lipinski definition) is 1. The molecule has 1 fully saturated rings. The number of aromatic nitrogens is 3. The molecule has 6 nitrogen and oxygen atoms in total. The first kappa shape index (κ1) is 13.9. The van der Waals surface area contributed by atoms with Crippen molar-refractivity contribution in [3.8, 4) is 22.6 Å². The second kappa shape index (κ2) is 6.18. The van der Waals surface area contributed by atoms with E-state index in [-0.39, 0.29) is 0 Å². The summed E-state index contributed by atoms with van der Waals surface area (Å²) in [5, 5.41) is 3.38. The topological polar surface area (TPSA) is 67.1 Å². The summed E-state index contributed by atoms with van der Waals surface area (Å²) in [5.41, 5.74) is 3.86. The van der Waals surface area contributed by atoms with E-state index in [2.05, 4.69) is 25.2 Å². The van der Waals surface area contributed by atoms with E-state index in [1.165, 1.54) is 0 Å². The molecule has 0 spiro atoms. The maximum absolute atomic E-state index is 5.79. The van der Waals surface area contributed by atoms with E-state index < -0.39 is 0 Å². The van der Waals surface area contributed by atoms with Gasteiger partial charge < -0.3 is 14.6 Å². The van der Waals surface area contributed by atoms with Crippen LogP contribution in [0.4, 0.5) is 5.69 Å². The van der Waals surface area contributed by atoms with E-state index >= 15 is 0 Å². The van der Waals surface area contributed by atoms with Gasteiger partial charge in [0.25, 0.3) is 0 Å². The van der Waals surface area contributed by atoms with Crippen molar-refractivity contribution in [1.29, 1.82) is 0 Å². The zero-order chi connectivity index (χ0) is 15.5. The van der Waals surface area contributed by atoms with Crippen molar-refractivity contribution in [3.63, 3.8) is 0 Å². The van der Waals surface area contributed by atoms with Crippen molar-refractivity contribution >= 4 is 5.69 Å². The number of piperazine rings is 1. The molecule has 3 aromatic heterocycles. The Hall–Kier alpha value is -2.73. The molecule has 3 aromatic rings. The van der Waals surface area contributed by atoms with Crippen LogP contribution in [0, 0.1) is 0 Å². The van der Waals surface area contributed by atoms with Crippen LogP contribution in [0.2, 0.25) is 0 Å². The van der Waals surface area contributed by atoms with Gasteiger partial charge in [0.05, 0.1) is 29.4 Å². The maximum Gasteiger partial charge on any atom is 0.146 e. The molecule has 23 heavy (non-hydrogen) atoms. The molecule has 1 aliphatic rings. The molecule has 1 saturated heterocycles. The van der Waals surface area contributed by atoms with Crippen molar-refractivity contribution in [2.24, 2.45) is 0 Å². The number of nitrogens with one attached hydrogen (secondary N) is 1. The zero-order valence-electron chi connectivity index (χ0n) is 12.6. The van der Waals surface area contributed by atoms with E-state index in [4.69, 9.17) is 4.42 Å². The summed E-state index contributed by atoms with van der Waals surface area (Å²) in [4.78, 5) is 15.2. The van der Waals surface area contributed by atoms with E-state index in [0.29, 0.717) is 0 Å². The number of rotatable bonds is 3. The molecule has 1 aliphatic heterocycles. The lowest BCUT2D eigenvalue weighted by molar-refractivity contribution is 0.576. The molecule has 0 bridgehead atoms. The minimum absolute atomic E-state index is 0.784. The molecule has 0 unspecified atom stereocenters. The van der Waals surface area contributed by atoms with Gasteiger partial charge in [0.2, 0.25) is 0 Å². The van der Waals surface area contributed by atoms with Crippen molar-refractivity contribution in [3.05, 3.63) is 49.4 Å². The predicted molar refractivity (Wildman–Crippen MR) is 88.0 cm³/mol. The lowest BCUT2D eigenvalue weighted by Gasteiger charge is -2.30. The molecule has 0 atom stereocenters. The van der Waals surface area contributed by atoms with Gasteiger partial charge in [-0.05, 0) is 12.1 Å². The Morgan fingerprint density at radius 2 is 1.83 bits per heavy atom. The van der Waals surface area contributed by atoms with Crippen molar-refractivity contribution in [1.82, 2.24) is 20.3 Å². The Morgan fingerprint density at radius 1 is 0.957 bits per heavy atom. The minimum Gasteiger partial charge on any atom is -0.463 e. The Labute approximate surface area is 134 Å². The smallest absolute Gasteiger partial charge is 0.146 e. The standard InChI is InChI=1S/C17H17N5O/c1-3-19-11-14(16(1)22-8-6-18-7-9-22)17-13(2-10-23-17)15-12-20-4-5-21-15/h1-5,10-12,18H,6-9H2. The van der Waals surface area contributed by atoms with Crippen LogP contribution in [0.25, 0.3) is 22.6 Å². The summed E-state index contributed by atoms with van der Waals surface area (Å²) in [5.74, 6) is 0.784. The van der Waals surface area contributed by atoms with E-state index in [1.807, 2.05) is 24.5 Å². The SMILES string of the molecule is c1cnc(-c2ccoc2-c2cnccc2N2CCNCC2)cn1. The first-order chi connectivity index (χ1) is 11.4. The van der Waals surface area contributed by atoms with Crippen LogP contribution in [0.15, 0.2) is 53.8 Å². The average molecular weight is 307 g/mol. The number of hydrogen-bond acceptors (Lipinski definition) is 6. The van der Waals surface area contributed by atoms with Gasteiger partial charge in [-0.2, -0.15) is 0 Å². The van der Waals surface area contributed by atoms with Gasteiger partial charge in [0, 0.05) is 56.5 Å². The van der Waals surface area contributed by atoms with Crippen LogP contribution >= 0.6 is 0 Å². The molecular formula is C17H17N5O. The highest BCUT2D eigenvalue weighted by atomic mass is 16.3. The van der Waals surface area contributed by atoms with E-state index in [9.17, 15) is 0 Å². The first-order valence-electron chi connectivity index (χ1n) is 7.67. The lowest BCUT2D eigenvalue weighted by Crippen LogP contribution is -2.43. The van der Waals surface area contributed by atoms with Gasteiger partial charge in [-0.3, -0.25) is 15.0 Å². The number of furan rings is 1. The Balaban J connectivity index is 1.79. The molecule has 0 saturated carbocycles. The Bertz CT molecular complexity index is 780. The van der Waals surface area contributed by atoms with Crippen LogP contribution in [-0.4, -0.2) is 41.1 Å². The fourth-order valence-electron chi connectivity index (χ4n) is 2.90. The molecule has 4 heterocycles.